The predicted octanol–water partition coefficient (Wildman–Crippen LogP) is 2.96. The highest BCUT2D eigenvalue weighted by Gasteiger charge is 2.18. The number of esters is 1. The van der Waals surface area contributed by atoms with Gasteiger partial charge in [0.25, 0.3) is 0 Å². The van der Waals surface area contributed by atoms with Crippen LogP contribution in [0.4, 0.5) is 0 Å². The van der Waals surface area contributed by atoms with Crippen molar-refractivity contribution in [1.82, 2.24) is 0 Å². The summed E-state index contributed by atoms with van der Waals surface area (Å²) in [6.07, 6.45) is 0. The van der Waals surface area contributed by atoms with Crippen LogP contribution >= 0.6 is 11.6 Å². The number of aryl methyl sites for hydroxylation is 1. The van der Waals surface area contributed by atoms with Crippen molar-refractivity contribution in [1.29, 1.82) is 0 Å². The first-order chi connectivity index (χ1) is 10.7. The highest BCUT2D eigenvalue weighted by atomic mass is 35.5. The van der Waals surface area contributed by atoms with E-state index < -0.39 is 16.0 Å². The second-order valence-electron chi connectivity index (χ2n) is 5.17. The van der Waals surface area contributed by atoms with Gasteiger partial charge in [-0.05, 0) is 54.8 Å². The molecule has 0 aliphatic rings. The Morgan fingerprint density at radius 2 is 1.91 bits per heavy atom. The van der Waals surface area contributed by atoms with Crippen LogP contribution in [-0.4, -0.2) is 14.4 Å². The summed E-state index contributed by atoms with van der Waals surface area (Å²) in [6.45, 7) is 3.38. The lowest BCUT2D eigenvalue weighted by Crippen LogP contribution is -2.16. The molecule has 2 N–H and O–H groups in total. The maximum absolute atomic E-state index is 12.2. The smallest absolute Gasteiger partial charge is 0.338 e. The Morgan fingerprint density at radius 1 is 1.22 bits per heavy atom. The van der Waals surface area contributed by atoms with Gasteiger partial charge in [-0.1, -0.05) is 23.7 Å². The molecule has 0 spiro atoms. The van der Waals surface area contributed by atoms with Crippen molar-refractivity contribution >= 4 is 27.6 Å². The average Bonchev–Trinajstić information content (AvgIpc) is 2.46. The average molecular weight is 354 g/mol. The molecule has 0 fully saturated rings. The molecule has 122 valence electrons. The van der Waals surface area contributed by atoms with E-state index in [9.17, 15) is 13.2 Å². The van der Waals surface area contributed by atoms with Crippen molar-refractivity contribution in [2.24, 2.45) is 5.14 Å². The van der Waals surface area contributed by atoms with E-state index in [-0.39, 0.29) is 17.1 Å². The number of rotatable bonds is 4. The molecule has 0 aromatic heterocycles. The standard InChI is InChI=1S/C16H16ClNO4S/c1-10-6-13(8-15(11(10)2)23(18,20)21)16(19)22-9-12-4-3-5-14(17)7-12/h3-8H,9H2,1-2H3,(H2,18,20,21). The number of ether oxygens (including phenoxy) is 1. The van der Waals surface area contributed by atoms with Crippen molar-refractivity contribution in [3.8, 4) is 0 Å². The van der Waals surface area contributed by atoms with E-state index in [2.05, 4.69) is 0 Å². The van der Waals surface area contributed by atoms with E-state index in [1.807, 2.05) is 0 Å². The molecule has 0 saturated carbocycles. The number of carbonyl (C=O) groups is 1. The van der Waals surface area contributed by atoms with Gasteiger partial charge in [0.05, 0.1) is 10.5 Å². The molecular formula is C16H16ClNO4S. The molecule has 2 aromatic rings. The van der Waals surface area contributed by atoms with Crippen molar-refractivity contribution in [2.75, 3.05) is 0 Å². The van der Waals surface area contributed by atoms with E-state index in [0.717, 1.165) is 5.56 Å². The summed E-state index contributed by atoms with van der Waals surface area (Å²) >= 11 is 5.87. The second kappa shape index (κ2) is 6.70. The van der Waals surface area contributed by atoms with E-state index in [0.29, 0.717) is 16.1 Å². The van der Waals surface area contributed by atoms with Gasteiger partial charge in [0.1, 0.15) is 6.61 Å². The molecule has 0 saturated heterocycles. The Hall–Kier alpha value is -1.89. The van der Waals surface area contributed by atoms with E-state index in [1.54, 1.807) is 44.2 Å². The number of benzene rings is 2. The van der Waals surface area contributed by atoms with E-state index in [4.69, 9.17) is 21.5 Å². The zero-order valence-corrected chi connectivity index (χ0v) is 14.2. The fourth-order valence-corrected chi connectivity index (χ4v) is 3.19. The van der Waals surface area contributed by atoms with Crippen LogP contribution in [0, 0.1) is 13.8 Å². The lowest BCUT2D eigenvalue weighted by atomic mass is 10.1. The summed E-state index contributed by atoms with van der Waals surface area (Å²) in [5, 5.41) is 5.73. The maximum atomic E-state index is 12.2. The third kappa shape index (κ3) is 4.31. The largest absolute Gasteiger partial charge is 0.457 e. The minimum absolute atomic E-state index is 0.0387. The fraction of sp³-hybridized carbons (Fsp3) is 0.188. The summed E-state index contributed by atoms with van der Waals surface area (Å²) in [5.41, 5.74) is 2.03. The van der Waals surface area contributed by atoms with Crippen LogP contribution in [0.5, 0.6) is 0 Å². The van der Waals surface area contributed by atoms with E-state index in [1.165, 1.54) is 6.07 Å². The fourth-order valence-electron chi connectivity index (χ4n) is 2.10. The number of sulfonamides is 1. The van der Waals surface area contributed by atoms with Crippen molar-refractivity contribution in [3.63, 3.8) is 0 Å². The molecule has 0 bridgehead atoms. The number of primary sulfonamides is 1. The molecule has 7 heteroatoms. The van der Waals surface area contributed by atoms with Gasteiger partial charge in [0, 0.05) is 5.02 Å². The highest BCUT2D eigenvalue weighted by molar-refractivity contribution is 7.89. The van der Waals surface area contributed by atoms with Crippen LogP contribution in [0.3, 0.4) is 0 Å². The van der Waals surface area contributed by atoms with Gasteiger partial charge in [-0.15, -0.1) is 0 Å². The quantitative estimate of drug-likeness (QED) is 0.856. The Kier molecular flexibility index (Phi) is 5.09. The number of nitrogens with two attached hydrogens (primary N) is 1. The molecule has 0 aliphatic heterocycles. The molecule has 5 nitrogen and oxygen atoms in total. The summed E-state index contributed by atoms with van der Waals surface area (Å²) in [6, 6.07) is 9.73. The monoisotopic (exact) mass is 353 g/mol. The Morgan fingerprint density at radius 3 is 2.52 bits per heavy atom. The third-order valence-corrected chi connectivity index (χ3v) is 4.69. The van der Waals surface area contributed by atoms with Crippen LogP contribution in [0.25, 0.3) is 0 Å². The van der Waals surface area contributed by atoms with Crippen molar-refractivity contribution in [3.05, 3.63) is 63.7 Å². The SMILES string of the molecule is Cc1cc(C(=O)OCc2cccc(Cl)c2)cc(S(N)(=O)=O)c1C. The normalized spacial score (nSPS) is 11.3. The molecule has 0 atom stereocenters. The van der Waals surface area contributed by atoms with Gasteiger partial charge >= 0.3 is 5.97 Å². The van der Waals surface area contributed by atoms with Gasteiger partial charge in [-0.25, -0.2) is 18.4 Å². The van der Waals surface area contributed by atoms with Crippen LogP contribution in [0.2, 0.25) is 5.02 Å². The van der Waals surface area contributed by atoms with Gasteiger partial charge in [-0.3, -0.25) is 0 Å². The molecule has 0 unspecified atom stereocenters. The molecule has 23 heavy (non-hydrogen) atoms. The Bertz CT molecular complexity index is 862. The zero-order valence-electron chi connectivity index (χ0n) is 12.7. The number of halogens is 1. The van der Waals surface area contributed by atoms with Gasteiger partial charge in [-0.2, -0.15) is 0 Å². The number of hydrogen-bond donors (Lipinski definition) is 1. The van der Waals surface area contributed by atoms with Gasteiger partial charge < -0.3 is 4.74 Å². The van der Waals surface area contributed by atoms with Crippen LogP contribution in [-0.2, 0) is 21.4 Å². The first-order valence-corrected chi connectivity index (χ1v) is 8.66. The minimum atomic E-state index is -3.91. The summed E-state index contributed by atoms with van der Waals surface area (Å²) < 4.78 is 28.4. The molecular weight excluding hydrogens is 338 g/mol. The lowest BCUT2D eigenvalue weighted by molar-refractivity contribution is 0.0472. The van der Waals surface area contributed by atoms with Crippen LogP contribution in [0.15, 0.2) is 41.3 Å². The first kappa shape index (κ1) is 17.5. The minimum Gasteiger partial charge on any atom is -0.457 e. The Labute approximate surface area is 140 Å². The highest BCUT2D eigenvalue weighted by Crippen LogP contribution is 2.21. The molecule has 2 aromatic carbocycles. The third-order valence-electron chi connectivity index (χ3n) is 3.42. The second-order valence-corrected chi connectivity index (χ2v) is 7.13. The summed E-state index contributed by atoms with van der Waals surface area (Å²) in [7, 11) is -3.91. The topological polar surface area (TPSA) is 86.5 Å². The molecule has 0 radical (unpaired) electrons. The maximum Gasteiger partial charge on any atom is 0.338 e. The zero-order chi connectivity index (χ0) is 17.2. The molecule has 0 heterocycles. The van der Waals surface area contributed by atoms with Crippen molar-refractivity contribution < 1.29 is 17.9 Å². The van der Waals surface area contributed by atoms with Crippen LogP contribution < -0.4 is 5.14 Å². The lowest BCUT2D eigenvalue weighted by Gasteiger charge is -2.11. The number of carbonyl (C=O) groups excluding carboxylic acids is 1. The Balaban J connectivity index is 2.24. The molecule has 0 aliphatic carbocycles. The van der Waals surface area contributed by atoms with Gasteiger partial charge in [0.2, 0.25) is 10.0 Å². The summed E-state index contributed by atoms with van der Waals surface area (Å²) in [5.74, 6) is -0.627. The van der Waals surface area contributed by atoms with Crippen molar-refractivity contribution in [2.45, 2.75) is 25.3 Å². The predicted molar refractivity (Wildman–Crippen MR) is 87.9 cm³/mol. The summed E-state index contributed by atoms with van der Waals surface area (Å²) in [4.78, 5) is 12.1. The first-order valence-electron chi connectivity index (χ1n) is 6.74. The number of hydrogen-bond acceptors (Lipinski definition) is 4. The van der Waals surface area contributed by atoms with Gasteiger partial charge in [0.15, 0.2) is 0 Å². The van der Waals surface area contributed by atoms with E-state index >= 15 is 0 Å². The molecule has 0 amide bonds. The van der Waals surface area contributed by atoms with Crippen LogP contribution in [0.1, 0.15) is 27.0 Å². The molecule has 2 rings (SSSR count).